The zero-order chi connectivity index (χ0) is 19.7. The van der Waals surface area contributed by atoms with E-state index in [2.05, 4.69) is 40.5 Å². The number of carbonyl (C=O) groups excluding carboxylic acids is 1. The molecule has 0 bridgehead atoms. The summed E-state index contributed by atoms with van der Waals surface area (Å²) in [6, 6.07) is 19.9. The van der Waals surface area contributed by atoms with Crippen LogP contribution in [-0.2, 0) is 16.9 Å². The van der Waals surface area contributed by atoms with Crippen molar-refractivity contribution < 1.29 is 9.90 Å². The summed E-state index contributed by atoms with van der Waals surface area (Å²) in [7, 11) is 0. The van der Waals surface area contributed by atoms with Crippen LogP contribution in [0.4, 0.5) is 0 Å². The smallest absolute Gasteiger partial charge is 0.256 e. The van der Waals surface area contributed by atoms with Crippen LogP contribution in [0.25, 0.3) is 0 Å². The van der Waals surface area contributed by atoms with E-state index in [9.17, 15) is 9.90 Å². The second kappa shape index (κ2) is 7.69. The molecule has 2 N–H and O–H groups in total. The molecule has 0 aromatic heterocycles. The lowest BCUT2D eigenvalue weighted by Crippen LogP contribution is -2.49. The van der Waals surface area contributed by atoms with Crippen molar-refractivity contribution in [3.05, 3.63) is 71.8 Å². The third-order valence-electron chi connectivity index (χ3n) is 6.59. The van der Waals surface area contributed by atoms with Crippen molar-refractivity contribution >= 4 is 5.91 Å². The predicted octanol–water partition coefficient (Wildman–Crippen LogP) is 3.02. The number of nitrogens with one attached hydrogen (secondary N) is 1. The third kappa shape index (κ3) is 3.59. The van der Waals surface area contributed by atoms with Gasteiger partial charge in [-0.3, -0.25) is 9.69 Å². The molecular formula is C24H30N2O2. The molecule has 3 unspecified atom stereocenters. The van der Waals surface area contributed by atoms with Gasteiger partial charge in [0, 0.05) is 26.2 Å². The minimum atomic E-state index is -1.48. The Bertz CT molecular complexity index is 796. The summed E-state index contributed by atoms with van der Waals surface area (Å²) in [6.45, 7) is 7.66. The van der Waals surface area contributed by atoms with Crippen molar-refractivity contribution in [3.8, 4) is 0 Å². The van der Waals surface area contributed by atoms with Gasteiger partial charge in [-0.05, 0) is 34.8 Å². The van der Waals surface area contributed by atoms with Crippen LogP contribution in [0.1, 0.15) is 25.0 Å². The summed E-state index contributed by atoms with van der Waals surface area (Å²) in [4.78, 5) is 15.4. The highest BCUT2D eigenvalue weighted by Gasteiger charge is 2.55. The third-order valence-corrected chi connectivity index (χ3v) is 6.59. The first-order valence-electron chi connectivity index (χ1n) is 10.3. The van der Waals surface area contributed by atoms with Gasteiger partial charge in [-0.1, -0.05) is 74.5 Å². The standard InChI is InChI=1S/C24H30N2O2/c1-17(2)24(28,19-11-7-4-8-12-19)23(27)25-13-20-21-15-26(16-22(20)21)14-18-9-5-3-6-10-18/h3-12,17,20-22,28H,13-16H2,1-2H3,(H,25,27). The van der Waals surface area contributed by atoms with Crippen molar-refractivity contribution in [2.45, 2.75) is 26.0 Å². The second-order valence-corrected chi connectivity index (χ2v) is 8.67. The summed E-state index contributed by atoms with van der Waals surface area (Å²) in [5, 5.41) is 14.2. The maximum Gasteiger partial charge on any atom is 0.256 e. The van der Waals surface area contributed by atoms with E-state index in [4.69, 9.17) is 0 Å². The van der Waals surface area contributed by atoms with Crippen molar-refractivity contribution in [1.29, 1.82) is 0 Å². The van der Waals surface area contributed by atoms with Gasteiger partial charge in [0.25, 0.3) is 5.91 Å². The average molecular weight is 379 g/mol. The molecule has 1 saturated heterocycles. The Balaban J connectivity index is 1.30. The van der Waals surface area contributed by atoms with Crippen LogP contribution in [-0.4, -0.2) is 35.5 Å². The van der Waals surface area contributed by atoms with Gasteiger partial charge >= 0.3 is 0 Å². The van der Waals surface area contributed by atoms with E-state index in [1.165, 1.54) is 5.56 Å². The second-order valence-electron chi connectivity index (χ2n) is 8.67. The Morgan fingerprint density at radius 2 is 1.64 bits per heavy atom. The number of rotatable bonds is 7. The topological polar surface area (TPSA) is 52.6 Å². The molecule has 0 spiro atoms. The molecule has 4 heteroatoms. The first-order chi connectivity index (χ1) is 13.5. The molecule has 1 aliphatic heterocycles. The Hall–Kier alpha value is -2.17. The van der Waals surface area contributed by atoms with Crippen molar-refractivity contribution in [1.82, 2.24) is 10.2 Å². The summed E-state index contributed by atoms with van der Waals surface area (Å²) in [5.41, 5.74) is 0.538. The highest BCUT2D eigenvalue weighted by Crippen LogP contribution is 2.51. The first-order valence-corrected chi connectivity index (χ1v) is 10.3. The number of benzene rings is 2. The number of hydrogen-bond acceptors (Lipinski definition) is 3. The Labute approximate surface area is 167 Å². The lowest BCUT2D eigenvalue weighted by molar-refractivity contribution is -0.146. The van der Waals surface area contributed by atoms with E-state index in [1.807, 2.05) is 44.2 Å². The van der Waals surface area contributed by atoms with Gasteiger partial charge in [0.1, 0.15) is 0 Å². The van der Waals surface area contributed by atoms with Crippen molar-refractivity contribution in [2.24, 2.45) is 23.7 Å². The van der Waals surface area contributed by atoms with Crippen molar-refractivity contribution in [3.63, 3.8) is 0 Å². The fourth-order valence-corrected chi connectivity index (χ4v) is 4.77. The minimum absolute atomic E-state index is 0.199. The van der Waals surface area contributed by atoms with Gasteiger partial charge < -0.3 is 10.4 Å². The van der Waals surface area contributed by atoms with Crippen LogP contribution in [0.2, 0.25) is 0 Å². The molecule has 3 atom stereocenters. The van der Waals surface area contributed by atoms with Crippen LogP contribution < -0.4 is 5.32 Å². The zero-order valence-corrected chi connectivity index (χ0v) is 16.7. The minimum Gasteiger partial charge on any atom is -0.375 e. The van der Waals surface area contributed by atoms with E-state index in [-0.39, 0.29) is 11.8 Å². The molecule has 2 aromatic carbocycles. The lowest BCUT2D eigenvalue weighted by atomic mass is 9.82. The summed E-state index contributed by atoms with van der Waals surface area (Å²) >= 11 is 0. The molecule has 2 aliphatic rings. The summed E-state index contributed by atoms with van der Waals surface area (Å²) < 4.78 is 0. The number of nitrogens with zero attached hydrogens (tertiary/aromatic N) is 1. The Morgan fingerprint density at radius 1 is 1.07 bits per heavy atom. The number of aliphatic hydroxyl groups is 1. The molecule has 1 aliphatic carbocycles. The molecule has 28 heavy (non-hydrogen) atoms. The van der Waals surface area contributed by atoms with E-state index >= 15 is 0 Å². The van der Waals surface area contributed by atoms with Crippen LogP contribution in [0, 0.1) is 23.7 Å². The van der Waals surface area contributed by atoms with E-state index in [0.717, 1.165) is 19.6 Å². The van der Waals surface area contributed by atoms with Crippen LogP contribution >= 0.6 is 0 Å². The van der Waals surface area contributed by atoms with Gasteiger partial charge in [-0.15, -0.1) is 0 Å². The average Bonchev–Trinajstić information content (AvgIpc) is 3.17. The number of amides is 1. The fourth-order valence-electron chi connectivity index (χ4n) is 4.77. The van der Waals surface area contributed by atoms with E-state index < -0.39 is 5.60 Å². The number of carbonyl (C=O) groups is 1. The zero-order valence-electron chi connectivity index (χ0n) is 16.7. The van der Waals surface area contributed by atoms with Crippen molar-refractivity contribution in [2.75, 3.05) is 19.6 Å². The SMILES string of the molecule is CC(C)C(O)(C(=O)NCC1C2CN(Cc3ccccc3)CC12)c1ccccc1. The molecule has 148 valence electrons. The molecule has 1 amide bonds. The molecule has 1 heterocycles. The van der Waals surface area contributed by atoms with Crippen LogP contribution in [0.3, 0.4) is 0 Å². The van der Waals surface area contributed by atoms with Gasteiger partial charge in [0.05, 0.1) is 0 Å². The number of hydrogen-bond donors (Lipinski definition) is 2. The van der Waals surface area contributed by atoms with E-state index in [1.54, 1.807) is 0 Å². The maximum atomic E-state index is 12.9. The van der Waals surface area contributed by atoms with Gasteiger partial charge in [-0.2, -0.15) is 0 Å². The Kier molecular flexibility index (Phi) is 5.26. The summed E-state index contributed by atoms with van der Waals surface area (Å²) in [6.07, 6.45) is 0. The van der Waals surface area contributed by atoms with E-state index in [0.29, 0.717) is 29.9 Å². The normalized spacial score (nSPS) is 25.9. The lowest BCUT2D eigenvalue weighted by Gasteiger charge is -2.31. The number of fused-ring (bicyclic) bond motifs is 1. The molecular weight excluding hydrogens is 348 g/mol. The fraction of sp³-hybridized carbons (Fsp3) is 0.458. The summed E-state index contributed by atoms with van der Waals surface area (Å²) in [5.74, 6) is 1.42. The largest absolute Gasteiger partial charge is 0.375 e. The predicted molar refractivity (Wildman–Crippen MR) is 110 cm³/mol. The molecule has 2 fully saturated rings. The monoisotopic (exact) mass is 378 g/mol. The van der Waals surface area contributed by atoms with Gasteiger partial charge in [0.2, 0.25) is 0 Å². The highest BCUT2D eigenvalue weighted by molar-refractivity contribution is 5.86. The van der Waals surface area contributed by atoms with Gasteiger partial charge in [-0.25, -0.2) is 0 Å². The highest BCUT2D eigenvalue weighted by atomic mass is 16.3. The molecule has 0 radical (unpaired) electrons. The molecule has 4 rings (SSSR count). The quantitative estimate of drug-likeness (QED) is 0.779. The van der Waals surface area contributed by atoms with Gasteiger partial charge in [0.15, 0.2) is 5.60 Å². The molecule has 2 aromatic rings. The van der Waals surface area contributed by atoms with Crippen LogP contribution in [0.5, 0.6) is 0 Å². The Morgan fingerprint density at radius 3 is 2.21 bits per heavy atom. The molecule has 1 saturated carbocycles. The number of piperidine rings is 1. The first kappa shape index (κ1) is 19.2. The number of likely N-dealkylation sites (tertiary alicyclic amines) is 1. The molecule has 4 nitrogen and oxygen atoms in total. The van der Waals surface area contributed by atoms with Crippen LogP contribution in [0.15, 0.2) is 60.7 Å². The maximum absolute atomic E-state index is 12.9.